The molecule has 0 fully saturated rings. The number of rotatable bonds is 10. The van der Waals surface area contributed by atoms with E-state index in [0.717, 1.165) is 54.5 Å². The van der Waals surface area contributed by atoms with Crippen molar-refractivity contribution in [1.29, 1.82) is 0 Å². The summed E-state index contributed by atoms with van der Waals surface area (Å²) in [7, 11) is 0. The van der Waals surface area contributed by atoms with Gasteiger partial charge in [-0.3, -0.25) is 0 Å². The van der Waals surface area contributed by atoms with Gasteiger partial charge in [-0.2, -0.15) is 0 Å². The standard InChI is InChI=1S/C28H38O4/c1-19(2)10-7-13-23(27(30)31)14-8-11-20(3)12-9-16-28(6)17-15-24-18-25(29)21(4)22(5)26(24)32-28/h10,12,14-15,17-18,29H,7-9,11,13,16H2,1-6H3,(H,30,31)/t28-/m0/s1. The molecule has 0 bridgehead atoms. The first kappa shape index (κ1) is 25.5. The van der Waals surface area contributed by atoms with Crippen molar-refractivity contribution in [2.45, 2.75) is 85.7 Å². The summed E-state index contributed by atoms with van der Waals surface area (Å²) in [5.74, 6) is 0.334. The zero-order valence-electron chi connectivity index (χ0n) is 20.4. The molecule has 1 aromatic rings. The zero-order valence-corrected chi connectivity index (χ0v) is 20.4. The molecule has 0 aliphatic carbocycles. The van der Waals surface area contributed by atoms with Crippen LogP contribution in [0, 0.1) is 13.8 Å². The van der Waals surface area contributed by atoms with Gasteiger partial charge in [-0.15, -0.1) is 0 Å². The van der Waals surface area contributed by atoms with Crippen LogP contribution in [0.2, 0.25) is 0 Å². The Kier molecular flexibility index (Phi) is 8.94. The second kappa shape index (κ2) is 11.2. The Morgan fingerprint density at radius 2 is 1.72 bits per heavy atom. The van der Waals surface area contributed by atoms with Gasteiger partial charge in [0.1, 0.15) is 17.1 Å². The van der Waals surface area contributed by atoms with Crippen molar-refractivity contribution in [2.75, 3.05) is 0 Å². The second-order valence-corrected chi connectivity index (χ2v) is 9.29. The van der Waals surface area contributed by atoms with Gasteiger partial charge in [0.15, 0.2) is 0 Å². The van der Waals surface area contributed by atoms with Crippen LogP contribution in [-0.2, 0) is 4.79 Å². The first-order chi connectivity index (χ1) is 15.0. The fourth-order valence-corrected chi connectivity index (χ4v) is 3.82. The molecule has 2 rings (SSSR count). The van der Waals surface area contributed by atoms with Crippen LogP contribution in [0.4, 0.5) is 0 Å². The lowest BCUT2D eigenvalue weighted by Crippen LogP contribution is -2.32. The van der Waals surface area contributed by atoms with E-state index in [2.05, 4.69) is 32.1 Å². The molecule has 0 unspecified atom stereocenters. The molecular formula is C28H38O4. The van der Waals surface area contributed by atoms with Gasteiger partial charge in [-0.1, -0.05) is 35.5 Å². The van der Waals surface area contributed by atoms with E-state index in [4.69, 9.17) is 4.74 Å². The minimum Gasteiger partial charge on any atom is -0.508 e. The van der Waals surface area contributed by atoms with E-state index in [0.29, 0.717) is 17.7 Å². The number of allylic oxidation sites excluding steroid dienone is 5. The number of fused-ring (bicyclic) bond motifs is 1. The summed E-state index contributed by atoms with van der Waals surface area (Å²) in [5.41, 5.74) is 5.33. The summed E-state index contributed by atoms with van der Waals surface area (Å²) in [5, 5.41) is 19.5. The van der Waals surface area contributed by atoms with Crippen LogP contribution in [0.15, 0.2) is 47.1 Å². The zero-order chi connectivity index (χ0) is 23.9. The average Bonchev–Trinajstić information content (AvgIpc) is 2.71. The lowest BCUT2D eigenvalue weighted by atomic mass is 9.92. The molecule has 0 saturated carbocycles. The van der Waals surface area contributed by atoms with E-state index < -0.39 is 5.97 Å². The van der Waals surface area contributed by atoms with E-state index in [-0.39, 0.29) is 5.60 Å². The predicted octanol–water partition coefficient (Wildman–Crippen LogP) is 7.44. The first-order valence-electron chi connectivity index (χ1n) is 11.4. The number of aromatic hydroxyl groups is 1. The lowest BCUT2D eigenvalue weighted by molar-refractivity contribution is -0.132. The van der Waals surface area contributed by atoms with Crippen LogP contribution < -0.4 is 4.74 Å². The van der Waals surface area contributed by atoms with Crippen LogP contribution in [0.1, 0.15) is 82.9 Å². The van der Waals surface area contributed by atoms with Gasteiger partial charge in [0.25, 0.3) is 0 Å². The molecule has 174 valence electrons. The number of benzene rings is 1. The fourth-order valence-electron chi connectivity index (χ4n) is 3.82. The molecule has 1 aliphatic heterocycles. The third-order valence-electron chi connectivity index (χ3n) is 6.10. The highest BCUT2D eigenvalue weighted by Gasteiger charge is 2.28. The SMILES string of the molecule is CC(C)=CCCC(=CCCC(C)=CCC[C@@]1(C)C=Cc2cc(O)c(C)c(C)c2O1)C(=O)O. The Balaban J connectivity index is 1.91. The maximum absolute atomic E-state index is 11.4. The molecule has 1 aliphatic rings. The summed E-state index contributed by atoms with van der Waals surface area (Å²) in [6.07, 6.45) is 14.9. The number of hydrogen-bond donors (Lipinski definition) is 2. The molecule has 2 N–H and O–H groups in total. The highest BCUT2D eigenvalue weighted by molar-refractivity contribution is 5.86. The maximum Gasteiger partial charge on any atom is 0.331 e. The van der Waals surface area contributed by atoms with Crippen molar-refractivity contribution >= 4 is 12.0 Å². The summed E-state index contributed by atoms with van der Waals surface area (Å²) < 4.78 is 6.35. The van der Waals surface area contributed by atoms with E-state index in [1.54, 1.807) is 6.07 Å². The van der Waals surface area contributed by atoms with Gasteiger partial charge >= 0.3 is 5.97 Å². The Bertz CT molecular complexity index is 958. The quantitative estimate of drug-likeness (QED) is 0.294. The molecule has 0 saturated heterocycles. The van der Waals surface area contributed by atoms with Crippen LogP contribution in [0.3, 0.4) is 0 Å². The highest BCUT2D eigenvalue weighted by Crippen LogP contribution is 2.40. The summed E-state index contributed by atoms with van der Waals surface area (Å²) in [6.45, 7) is 12.1. The normalized spacial score (nSPS) is 18.2. The number of carboxylic acids is 1. The minimum absolute atomic E-state index is 0.300. The van der Waals surface area contributed by atoms with Crippen molar-refractivity contribution in [3.8, 4) is 11.5 Å². The predicted molar refractivity (Wildman–Crippen MR) is 132 cm³/mol. The van der Waals surface area contributed by atoms with Crippen molar-refractivity contribution in [2.24, 2.45) is 0 Å². The topological polar surface area (TPSA) is 66.8 Å². The molecule has 0 amide bonds. The molecule has 0 radical (unpaired) electrons. The largest absolute Gasteiger partial charge is 0.508 e. The molecule has 4 heteroatoms. The number of carbonyl (C=O) groups is 1. The second-order valence-electron chi connectivity index (χ2n) is 9.29. The summed E-state index contributed by atoms with van der Waals surface area (Å²) in [4.78, 5) is 11.4. The van der Waals surface area contributed by atoms with Gasteiger partial charge in [-0.25, -0.2) is 4.79 Å². The summed E-state index contributed by atoms with van der Waals surface area (Å²) >= 11 is 0. The number of carboxylic acid groups (broad SMARTS) is 1. The van der Waals surface area contributed by atoms with E-state index in [9.17, 15) is 15.0 Å². The van der Waals surface area contributed by atoms with E-state index >= 15 is 0 Å². The molecular weight excluding hydrogens is 400 g/mol. The lowest BCUT2D eigenvalue weighted by Gasteiger charge is -2.33. The van der Waals surface area contributed by atoms with Crippen LogP contribution in [0.5, 0.6) is 11.5 Å². The van der Waals surface area contributed by atoms with Gasteiger partial charge in [0.2, 0.25) is 0 Å². The Morgan fingerprint density at radius 1 is 1.03 bits per heavy atom. The van der Waals surface area contributed by atoms with Crippen molar-refractivity contribution < 1.29 is 19.7 Å². The van der Waals surface area contributed by atoms with E-state index in [1.165, 1.54) is 11.1 Å². The van der Waals surface area contributed by atoms with Gasteiger partial charge in [0, 0.05) is 11.1 Å². The molecule has 1 aromatic carbocycles. The molecule has 1 atom stereocenters. The number of phenols is 1. The molecule has 1 heterocycles. The molecule has 0 spiro atoms. The third kappa shape index (κ3) is 7.15. The minimum atomic E-state index is -0.818. The maximum atomic E-state index is 11.4. The highest BCUT2D eigenvalue weighted by atomic mass is 16.5. The van der Waals surface area contributed by atoms with Gasteiger partial charge in [-0.05, 0) is 103 Å². The monoisotopic (exact) mass is 438 g/mol. The Morgan fingerprint density at radius 3 is 2.38 bits per heavy atom. The van der Waals surface area contributed by atoms with Crippen molar-refractivity contribution in [3.05, 3.63) is 63.8 Å². The number of hydrogen-bond acceptors (Lipinski definition) is 3. The Hall–Kier alpha value is -2.75. The number of ether oxygens (including phenoxy) is 1. The third-order valence-corrected chi connectivity index (χ3v) is 6.10. The fraction of sp³-hybridized carbons (Fsp3) is 0.464. The van der Waals surface area contributed by atoms with Crippen LogP contribution in [-0.4, -0.2) is 21.8 Å². The van der Waals surface area contributed by atoms with E-state index in [1.807, 2.05) is 39.8 Å². The number of aliphatic carboxylic acids is 1. The molecule has 32 heavy (non-hydrogen) atoms. The summed E-state index contributed by atoms with van der Waals surface area (Å²) in [6, 6.07) is 1.76. The van der Waals surface area contributed by atoms with Crippen molar-refractivity contribution in [3.63, 3.8) is 0 Å². The smallest absolute Gasteiger partial charge is 0.331 e. The average molecular weight is 439 g/mol. The number of phenolic OH excluding ortho intramolecular Hbond substituents is 1. The van der Waals surface area contributed by atoms with Gasteiger partial charge in [0.05, 0.1) is 0 Å². The molecule has 4 nitrogen and oxygen atoms in total. The van der Waals surface area contributed by atoms with Gasteiger partial charge < -0.3 is 14.9 Å². The molecule has 0 aromatic heterocycles. The first-order valence-corrected chi connectivity index (χ1v) is 11.4. The van der Waals surface area contributed by atoms with Crippen LogP contribution >= 0.6 is 0 Å². The Labute approximate surface area is 193 Å². The van der Waals surface area contributed by atoms with Crippen LogP contribution in [0.25, 0.3) is 6.08 Å². The van der Waals surface area contributed by atoms with Crippen molar-refractivity contribution in [1.82, 2.24) is 0 Å².